The van der Waals surface area contributed by atoms with Crippen LogP contribution in [0, 0.1) is 12.8 Å². The van der Waals surface area contributed by atoms with Crippen molar-refractivity contribution in [2.45, 2.75) is 39.2 Å². The molecule has 1 aromatic carbocycles. The van der Waals surface area contributed by atoms with Crippen molar-refractivity contribution in [3.8, 4) is 0 Å². The van der Waals surface area contributed by atoms with Crippen molar-refractivity contribution in [3.05, 3.63) is 35.4 Å². The lowest BCUT2D eigenvalue weighted by Crippen LogP contribution is -2.49. The molecule has 1 aliphatic rings. The monoisotopic (exact) mass is 260 g/mol. The summed E-state index contributed by atoms with van der Waals surface area (Å²) < 4.78 is 0. The van der Waals surface area contributed by atoms with E-state index in [-0.39, 0.29) is 11.9 Å². The highest BCUT2D eigenvalue weighted by atomic mass is 16.2. The molecule has 0 radical (unpaired) electrons. The molecule has 0 bridgehead atoms. The Morgan fingerprint density at radius 1 is 1.42 bits per heavy atom. The van der Waals surface area contributed by atoms with E-state index in [0.29, 0.717) is 12.5 Å². The summed E-state index contributed by atoms with van der Waals surface area (Å²) in [6.45, 7) is 5.78. The quantitative estimate of drug-likeness (QED) is 0.870. The van der Waals surface area contributed by atoms with E-state index in [1.165, 1.54) is 11.1 Å². The maximum absolute atomic E-state index is 11.9. The van der Waals surface area contributed by atoms with Gasteiger partial charge in [-0.3, -0.25) is 4.79 Å². The smallest absolute Gasteiger partial charge is 0.237 e. The van der Waals surface area contributed by atoms with Crippen molar-refractivity contribution in [1.82, 2.24) is 10.6 Å². The lowest BCUT2D eigenvalue weighted by Gasteiger charge is -2.29. The number of nitrogens with one attached hydrogen (secondary N) is 2. The maximum Gasteiger partial charge on any atom is 0.237 e. The molecule has 1 aromatic rings. The molecule has 2 N–H and O–H groups in total. The predicted octanol–water partition coefficient (Wildman–Crippen LogP) is 2.04. The number of likely N-dealkylation sites (N-methyl/N-ethyl adjacent to an activating group) is 1. The first kappa shape index (κ1) is 14.1. The second-order valence-electron chi connectivity index (χ2n) is 5.42. The summed E-state index contributed by atoms with van der Waals surface area (Å²) in [5, 5.41) is 6.23. The van der Waals surface area contributed by atoms with Crippen LogP contribution in [0.25, 0.3) is 0 Å². The first-order chi connectivity index (χ1) is 9.20. The summed E-state index contributed by atoms with van der Waals surface area (Å²) in [5.41, 5.74) is 2.78. The van der Waals surface area contributed by atoms with E-state index < -0.39 is 0 Å². The average molecular weight is 260 g/mol. The van der Waals surface area contributed by atoms with Crippen LogP contribution in [-0.2, 0) is 11.2 Å². The number of hydrogen-bond donors (Lipinski definition) is 2. The van der Waals surface area contributed by atoms with E-state index in [0.717, 1.165) is 25.8 Å². The van der Waals surface area contributed by atoms with E-state index >= 15 is 0 Å². The topological polar surface area (TPSA) is 41.1 Å². The molecule has 2 atom stereocenters. The molecule has 1 amide bonds. The van der Waals surface area contributed by atoms with E-state index in [1.54, 1.807) is 0 Å². The molecule has 0 aliphatic carbocycles. The van der Waals surface area contributed by atoms with Crippen LogP contribution in [0.3, 0.4) is 0 Å². The van der Waals surface area contributed by atoms with Gasteiger partial charge < -0.3 is 10.6 Å². The molecule has 2 unspecified atom stereocenters. The zero-order valence-electron chi connectivity index (χ0n) is 11.9. The predicted molar refractivity (Wildman–Crippen MR) is 78.1 cm³/mol. The van der Waals surface area contributed by atoms with Crippen molar-refractivity contribution in [3.63, 3.8) is 0 Å². The van der Waals surface area contributed by atoms with Gasteiger partial charge in [-0.05, 0) is 56.7 Å². The van der Waals surface area contributed by atoms with Crippen molar-refractivity contribution < 1.29 is 4.79 Å². The van der Waals surface area contributed by atoms with Gasteiger partial charge >= 0.3 is 0 Å². The van der Waals surface area contributed by atoms with Gasteiger partial charge in [0, 0.05) is 6.54 Å². The molecular formula is C16H24N2O. The van der Waals surface area contributed by atoms with E-state index in [4.69, 9.17) is 0 Å². The van der Waals surface area contributed by atoms with Crippen molar-refractivity contribution in [2.24, 2.45) is 5.92 Å². The lowest BCUT2D eigenvalue weighted by atomic mass is 9.86. The third-order valence-corrected chi connectivity index (χ3v) is 3.95. The molecule has 3 heteroatoms. The van der Waals surface area contributed by atoms with Crippen LogP contribution >= 0.6 is 0 Å². The van der Waals surface area contributed by atoms with Crippen LogP contribution in [-0.4, -0.2) is 25.0 Å². The van der Waals surface area contributed by atoms with E-state index in [2.05, 4.69) is 41.8 Å². The maximum atomic E-state index is 11.9. The fourth-order valence-corrected chi connectivity index (χ4v) is 2.83. The minimum Gasteiger partial charge on any atom is -0.355 e. The first-order valence-corrected chi connectivity index (χ1v) is 7.26. The van der Waals surface area contributed by atoms with Crippen LogP contribution in [0.1, 0.15) is 30.9 Å². The Morgan fingerprint density at radius 2 is 2.21 bits per heavy atom. The third kappa shape index (κ3) is 3.80. The molecule has 1 aliphatic heterocycles. The second-order valence-corrected chi connectivity index (χ2v) is 5.42. The highest BCUT2D eigenvalue weighted by molar-refractivity contribution is 5.81. The minimum absolute atomic E-state index is 0.0114. The summed E-state index contributed by atoms with van der Waals surface area (Å²) in [6, 6.07) is 8.54. The number of aryl methyl sites for hydroxylation is 1. The number of carbonyl (C=O) groups is 1. The van der Waals surface area contributed by atoms with Crippen molar-refractivity contribution in [2.75, 3.05) is 13.1 Å². The minimum atomic E-state index is -0.0114. The van der Waals surface area contributed by atoms with Gasteiger partial charge in [0.05, 0.1) is 6.04 Å². The van der Waals surface area contributed by atoms with Crippen LogP contribution in [0.4, 0.5) is 0 Å². The molecule has 19 heavy (non-hydrogen) atoms. The van der Waals surface area contributed by atoms with Crippen LogP contribution < -0.4 is 10.6 Å². The van der Waals surface area contributed by atoms with Crippen LogP contribution in [0.2, 0.25) is 0 Å². The molecule has 3 nitrogen and oxygen atoms in total. The van der Waals surface area contributed by atoms with Gasteiger partial charge in [-0.2, -0.15) is 0 Å². The van der Waals surface area contributed by atoms with Gasteiger partial charge in [0.2, 0.25) is 5.91 Å². The van der Waals surface area contributed by atoms with Gasteiger partial charge in [0.1, 0.15) is 0 Å². The van der Waals surface area contributed by atoms with Gasteiger partial charge in [-0.15, -0.1) is 0 Å². The Labute approximate surface area is 115 Å². The number of amides is 1. The normalized spacial score (nSPS) is 23.1. The van der Waals surface area contributed by atoms with E-state index in [9.17, 15) is 4.79 Å². The van der Waals surface area contributed by atoms with E-state index in [1.807, 2.05) is 6.92 Å². The summed E-state index contributed by atoms with van der Waals surface area (Å²) in [7, 11) is 0. The van der Waals surface area contributed by atoms with Crippen molar-refractivity contribution in [1.29, 1.82) is 0 Å². The highest BCUT2D eigenvalue weighted by Gasteiger charge is 2.26. The Bertz CT molecular complexity index is 431. The Kier molecular flexibility index (Phi) is 4.97. The van der Waals surface area contributed by atoms with Crippen LogP contribution in [0.15, 0.2) is 24.3 Å². The molecule has 1 saturated heterocycles. The lowest BCUT2D eigenvalue weighted by molar-refractivity contribution is -0.123. The molecule has 0 saturated carbocycles. The fraction of sp³-hybridized carbons (Fsp3) is 0.562. The molecule has 0 aromatic heterocycles. The molecule has 1 heterocycles. The Hall–Kier alpha value is -1.35. The number of piperidine rings is 1. The fourth-order valence-electron chi connectivity index (χ4n) is 2.83. The summed E-state index contributed by atoms with van der Waals surface area (Å²) in [5.74, 6) is 0.756. The van der Waals surface area contributed by atoms with Gasteiger partial charge in [0.25, 0.3) is 0 Å². The zero-order chi connectivity index (χ0) is 13.7. The molecular weight excluding hydrogens is 236 g/mol. The van der Waals surface area contributed by atoms with Gasteiger partial charge in [-0.1, -0.05) is 24.3 Å². The molecule has 2 rings (SSSR count). The SMILES string of the molecule is CCNC(=O)C1CC(Cc2ccccc2C)CCN1. The van der Waals surface area contributed by atoms with Gasteiger partial charge in [-0.25, -0.2) is 0 Å². The molecule has 0 spiro atoms. The molecule has 1 fully saturated rings. The molecule has 104 valence electrons. The standard InChI is InChI=1S/C16H24N2O/c1-3-17-16(19)15-11-13(8-9-18-15)10-14-7-5-4-6-12(14)2/h4-7,13,15,18H,3,8-11H2,1-2H3,(H,17,19). The van der Waals surface area contributed by atoms with Crippen LogP contribution in [0.5, 0.6) is 0 Å². The number of rotatable bonds is 4. The van der Waals surface area contributed by atoms with Gasteiger partial charge in [0.15, 0.2) is 0 Å². The summed E-state index contributed by atoms with van der Waals surface area (Å²) in [4.78, 5) is 11.9. The first-order valence-electron chi connectivity index (χ1n) is 7.26. The highest BCUT2D eigenvalue weighted by Crippen LogP contribution is 2.22. The Balaban J connectivity index is 1.94. The largest absolute Gasteiger partial charge is 0.355 e. The number of carbonyl (C=O) groups excluding carboxylic acids is 1. The van der Waals surface area contributed by atoms with Crippen molar-refractivity contribution >= 4 is 5.91 Å². The third-order valence-electron chi connectivity index (χ3n) is 3.95. The number of benzene rings is 1. The summed E-state index contributed by atoms with van der Waals surface area (Å²) in [6.07, 6.45) is 3.19. The Morgan fingerprint density at radius 3 is 2.95 bits per heavy atom. The zero-order valence-corrected chi connectivity index (χ0v) is 11.9. The second kappa shape index (κ2) is 6.71. The number of hydrogen-bond acceptors (Lipinski definition) is 2. The average Bonchev–Trinajstić information content (AvgIpc) is 2.42. The summed E-state index contributed by atoms with van der Waals surface area (Å²) >= 11 is 0.